The van der Waals surface area contributed by atoms with Gasteiger partial charge >= 0.3 is 0 Å². The lowest BCUT2D eigenvalue weighted by Gasteiger charge is -2.18. The first kappa shape index (κ1) is 11.0. The van der Waals surface area contributed by atoms with Gasteiger partial charge in [0.2, 0.25) is 0 Å². The predicted molar refractivity (Wildman–Crippen MR) is 60.7 cm³/mol. The van der Waals surface area contributed by atoms with Crippen molar-refractivity contribution in [3.05, 3.63) is 15.6 Å². The standard InChI is InChI=1S/C9H14N2O2S2/c1-6-7(2)14-8(11-6)9(10)3-4-15(12,13)5-9/h3-5,10H2,1-2H3. The van der Waals surface area contributed by atoms with Crippen LogP contribution in [-0.2, 0) is 15.4 Å². The maximum Gasteiger partial charge on any atom is 0.152 e. The summed E-state index contributed by atoms with van der Waals surface area (Å²) in [7, 11) is -2.96. The van der Waals surface area contributed by atoms with Gasteiger partial charge in [-0.25, -0.2) is 13.4 Å². The molecule has 1 saturated heterocycles. The van der Waals surface area contributed by atoms with Crippen molar-refractivity contribution >= 4 is 21.2 Å². The van der Waals surface area contributed by atoms with E-state index in [0.717, 1.165) is 15.6 Å². The Morgan fingerprint density at radius 1 is 1.47 bits per heavy atom. The second kappa shape index (κ2) is 3.26. The van der Waals surface area contributed by atoms with E-state index in [-0.39, 0.29) is 11.5 Å². The van der Waals surface area contributed by atoms with Crippen LogP contribution in [0.25, 0.3) is 0 Å². The second-order valence-corrected chi connectivity index (χ2v) is 7.55. The Hall–Kier alpha value is -0.460. The second-order valence-electron chi connectivity index (χ2n) is 4.16. The van der Waals surface area contributed by atoms with E-state index >= 15 is 0 Å². The summed E-state index contributed by atoms with van der Waals surface area (Å²) < 4.78 is 22.8. The Bertz CT molecular complexity index is 473. The number of hydrogen-bond acceptors (Lipinski definition) is 5. The third-order valence-corrected chi connectivity index (χ3v) is 5.86. The predicted octanol–water partition coefficient (Wildman–Crippen LogP) is 0.732. The van der Waals surface area contributed by atoms with Gasteiger partial charge in [0.05, 0.1) is 22.7 Å². The van der Waals surface area contributed by atoms with Crippen LogP contribution in [0.2, 0.25) is 0 Å². The van der Waals surface area contributed by atoms with Gasteiger partial charge in [0.1, 0.15) is 5.01 Å². The van der Waals surface area contributed by atoms with E-state index in [1.807, 2.05) is 13.8 Å². The number of aryl methyl sites for hydroxylation is 2. The average Bonchev–Trinajstić information content (AvgIpc) is 2.57. The molecule has 1 aromatic rings. The molecule has 0 amide bonds. The molecular weight excluding hydrogens is 232 g/mol. The molecule has 0 bridgehead atoms. The molecule has 0 spiro atoms. The summed E-state index contributed by atoms with van der Waals surface area (Å²) in [6, 6.07) is 0. The smallest absolute Gasteiger partial charge is 0.152 e. The fourth-order valence-corrected chi connectivity index (χ4v) is 4.75. The zero-order valence-corrected chi connectivity index (χ0v) is 10.4. The molecule has 6 heteroatoms. The summed E-state index contributed by atoms with van der Waals surface area (Å²) in [6.07, 6.45) is 0.488. The third-order valence-electron chi connectivity index (χ3n) is 2.79. The Kier molecular flexibility index (Phi) is 2.40. The van der Waals surface area contributed by atoms with Gasteiger partial charge in [-0.2, -0.15) is 0 Å². The molecule has 2 rings (SSSR count). The quantitative estimate of drug-likeness (QED) is 0.793. The van der Waals surface area contributed by atoms with Crippen LogP contribution in [0.5, 0.6) is 0 Å². The molecule has 2 heterocycles. The largest absolute Gasteiger partial charge is 0.319 e. The summed E-state index contributed by atoms with van der Waals surface area (Å²) in [5, 5.41) is 0.763. The molecule has 1 aliphatic rings. The Labute approximate surface area is 93.4 Å². The van der Waals surface area contributed by atoms with Gasteiger partial charge in [-0.1, -0.05) is 0 Å². The number of aromatic nitrogens is 1. The summed E-state index contributed by atoms with van der Waals surface area (Å²) in [5.74, 6) is 0.216. The van der Waals surface area contributed by atoms with Gasteiger partial charge in [-0.05, 0) is 20.3 Å². The van der Waals surface area contributed by atoms with E-state index in [1.165, 1.54) is 11.3 Å². The van der Waals surface area contributed by atoms with Crippen LogP contribution in [0.4, 0.5) is 0 Å². The van der Waals surface area contributed by atoms with Gasteiger partial charge in [0.25, 0.3) is 0 Å². The molecule has 0 aromatic carbocycles. The van der Waals surface area contributed by atoms with E-state index in [1.54, 1.807) is 0 Å². The molecule has 1 atom stereocenters. The van der Waals surface area contributed by atoms with E-state index < -0.39 is 15.4 Å². The van der Waals surface area contributed by atoms with Crippen molar-refractivity contribution in [2.75, 3.05) is 11.5 Å². The first-order valence-electron chi connectivity index (χ1n) is 4.76. The SMILES string of the molecule is Cc1nc(C2(N)CCS(=O)(=O)C2)sc1C. The first-order chi connectivity index (χ1) is 6.82. The average molecular weight is 246 g/mol. The van der Waals surface area contributed by atoms with Crippen LogP contribution in [0.3, 0.4) is 0 Å². The maximum absolute atomic E-state index is 11.4. The molecule has 2 N–H and O–H groups in total. The minimum Gasteiger partial charge on any atom is -0.319 e. The van der Waals surface area contributed by atoms with Crippen LogP contribution < -0.4 is 5.73 Å². The van der Waals surface area contributed by atoms with E-state index in [9.17, 15) is 8.42 Å². The number of nitrogens with two attached hydrogens (primary N) is 1. The summed E-state index contributed by atoms with van der Waals surface area (Å²) in [4.78, 5) is 5.47. The van der Waals surface area contributed by atoms with Gasteiger partial charge in [0.15, 0.2) is 9.84 Å². The highest BCUT2D eigenvalue weighted by molar-refractivity contribution is 7.91. The Morgan fingerprint density at radius 3 is 2.53 bits per heavy atom. The molecule has 4 nitrogen and oxygen atoms in total. The highest BCUT2D eigenvalue weighted by Crippen LogP contribution is 2.34. The number of sulfone groups is 1. The number of nitrogens with zero attached hydrogens (tertiary/aromatic N) is 1. The number of rotatable bonds is 1. The fourth-order valence-electron chi connectivity index (χ4n) is 1.73. The first-order valence-corrected chi connectivity index (χ1v) is 7.40. The maximum atomic E-state index is 11.4. The van der Waals surface area contributed by atoms with Crippen LogP contribution in [-0.4, -0.2) is 24.9 Å². The zero-order chi connectivity index (χ0) is 11.3. The molecule has 0 radical (unpaired) electrons. The van der Waals surface area contributed by atoms with Crippen LogP contribution in [0.15, 0.2) is 0 Å². The normalized spacial score (nSPS) is 29.5. The summed E-state index contributed by atoms with van der Waals surface area (Å²) in [5.41, 5.74) is 6.31. The fraction of sp³-hybridized carbons (Fsp3) is 0.667. The molecule has 15 heavy (non-hydrogen) atoms. The highest BCUT2D eigenvalue weighted by Gasteiger charge is 2.42. The van der Waals surface area contributed by atoms with Gasteiger partial charge in [0, 0.05) is 4.88 Å². The number of thiazole rings is 1. The topological polar surface area (TPSA) is 73.0 Å². The minimum absolute atomic E-state index is 0.0341. The molecular formula is C9H14N2O2S2. The molecule has 1 fully saturated rings. The van der Waals surface area contributed by atoms with Gasteiger partial charge < -0.3 is 5.73 Å². The Balaban J connectivity index is 2.39. The molecule has 0 saturated carbocycles. The molecule has 1 aromatic heterocycles. The molecule has 1 aliphatic heterocycles. The van der Waals surface area contributed by atoms with Crippen molar-refractivity contribution in [2.24, 2.45) is 5.73 Å². The van der Waals surface area contributed by atoms with Crippen molar-refractivity contribution in [3.63, 3.8) is 0 Å². The van der Waals surface area contributed by atoms with Crippen molar-refractivity contribution in [1.29, 1.82) is 0 Å². The third kappa shape index (κ3) is 1.93. The van der Waals surface area contributed by atoms with Crippen LogP contribution in [0.1, 0.15) is 22.0 Å². The molecule has 0 aliphatic carbocycles. The van der Waals surface area contributed by atoms with Gasteiger partial charge in [-0.3, -0.25) is 0 Å². The summed E-state index contributed by atoms with van der Waals surface area (Å²) >= 11 is 1.51. The van der Waals surface area contributed by atoms with Crippen molar-refractivity contribution < 1.29 is 8.42 Å². The molecule has 84 valence electrons. The van der Waals surface area contributed by atoms with Crippen molar-refractivity contribution in [1.82, 2.24) is 4.98 Å². The lowest BCUT2D eigenvalue weighted by molar-refractivity contribution is 0.502. The monoisotopic (exact) mass is 246 g/mol. The van der Waals surface area contributed by atoms with Crippen molar-refractivity contribution in [2.45, 2.75) is 25.8 Å². The van der Waals surface area contributed by atoms with E-state index in [4.69, 9.17) is 5.73 Å². The minimum atomic E-state index is -2.96. The summed E-state index contributed by atoms with van der Waals surface area (Å²) in [6.45, 7) is 3.89. The lowest BCUT2D eigenvalue weighted by atomic mass is 10.0. The number of hydrogen-bond donors (Lipinski definition) is 1. The van der Waals surface area contributed by atoms with Crippen LogP contribution >= 0.6 is 11.3 Å². The molecule has 1 unspecified atom stereocenters. The van der Waals surface area contributed by atoms with E-state index in [0.29, 0.717) is 6.42 Å². The highest BCUT2D eigenvalue weighted by atomic mass is 32.2. The van der Waals surface area contributed by atoms with Gasteiger partial charge in [-0.15, -0.1) is 11.3 Å². The Morgan fingerprint density at radius 2 is 2.13 bits per heavy atom. The lowest BCUT2D eigenvalue weighted by Crippen LogP contribution is -2.37. The van der Waals surface area contributed by atoms with Crippen molar-refractivity contribution in [3.8, 4) is 0 Å². The van der Waals surface area contributed by atoms with E-state index in [2.05, 4.69) is 4.98 Å². The zero-order valence-electron chi connectivity index (χ0n) is 8.78. The van der Waals surface area contributed by atoms with Crippen LogP contribution in [0, 0.1) is 13.8 Å².